The van der Waals surface area contributed by atoms with Crippen LogP contribution in [0.25, 0.3) is 0 Å². The van der Waals surface area contributed by atoms with Crippen molar-refractivity contribution >= 4 is 5.96 Å². The molecular formula is C9H15F2N3. The largest absolute Gasteiger partial charge is 0.370 e. The molecule has 0 amide bonds. The highest BCUT2D eigenvalue weighted by molar-refractivity contribution is 5.78. The third-order valence-corrected chi connectivity index (χ3v) is 2.70. The molecule has 0 aromatic carbocycles. The highest BCUT2D eigenvalue weighted by atomic mass is 19.3. The smallest absolute Gasteiger partial charge is 0.270 e. The first-order valence-corrected chi connectivity index (χ1v) is 5.05. The summed E-state index contributed by atoms with van der Waals surface area (Å²) >= 11 is 0. The molecule has 80 valence electrons. The fraction of sp³-hybridized carbons (Fsp3) is 0.889. The molecule has 0 aromatic heterocycles. The molecule has 2 aliphatic rings. The van der Waals surface area contributed by atoms with E-state index in [2.05, 4.69) is 10.3 Å². The standard InChI is InChI=1S/C9H15F2N3/c10-9(11)5-1-2-7(9)14-8(12)13-6-3-4-6/h6-7H,1-5H2,(H3,12,13,14). The van der Waals surface area contributed by atoms with Crippen LogP contribution in [-0.4, -0.2) is 24.0 Å². The van der Waals surface area contributed by atoms with Gasteiger partial charge < -0.3 is 11.1 Å². The van der Waals surface area contributed by atoms with Crippen LogP contribution in [0.3, 0.4) is 0 Å². The fourth-order valence-electron chi connectivity index (χ4n) is 1.71. The summed E-state index contributed by atoms with van der Waals surface area (Å²) in [4.78, 5) is 3.84. The summed E-state index contributed by atoms with van der Waals surface area (Å²) < 4.78 is 26.3. The van der Waals surface area contributed by atoms with Crippen LogP contribution < -0.4 is 11.1 Å². The van der Waals surface area contributed by atoms with Crippen molar-refractivity contribution in [3.8, 4) is 0 Å². The number of aliphatic imine (C=N–C) groups is 1. The van der Waals surface area contributed by atoms with E-state index in [-0.39, 0.29) is 12.4 Å². The normalized spacial score (nSPS) is 31.9. The first kappa shape index (κ1) is 9.68. The van der Waals surface area contributed by atoms with Gasteiger partial charge in [-0.05, 0) is 25.7 Å². The third kappa shape index (κ3) is 2.13. The maximum Gasteiger partial charge on any atom is 0.270 e. The molecular weight excluding hydrogens is 188 g/mol. The van der Waals surface area contributed by atoms with Crippen LogP contribution in [0, 0.1) is 0 Å². The van der Waals surface area contributed by atoms with E-state index in [9.17, 15) is 8.78 Å². The number of halogens is 2. The number of nitrogens with zero attached hydrogens (tertiary/aromatic N) is 1. The Labute approximate surface area is 81.8 Å². The van der Waals surface area contributed by atoms with Crippen molar-refractivity contribution in [2.24, 2.45) is 10.7 Å². The molecule has 3 nitrogen and oxygen atoms in total. The van der Waals surface area contributed by atoms with Gasteiger partial charge >= 0.3 is 0 Å². The summed E-state index contributed by atoms with van der Waals surface area (Å²) in [5.41, 5.74) is 5.52. The molecule has 1 unspecified atom stereocenters. The van der Waals surface area contributed by atoms with Gasteiger partial charge in [0.05, 0.1) is 0 Å². The van der Waals surface area contributed by atoms with E-state index in [1.54, 1.807) is 0 Å². The Hall–Kier alpha value is -0.870. The van der Waals surface area contributed by atoms with Gasteiger partial charge in [0.15, 0.2) is 5.96 Å². The second kappa shape index (κ2) is 3.37. The summed E-state index contributed by atoms with van der Waals surface area (Å²) in [5.74, 6) is -2.48. The van der Waals surface area contributed by atoms with Crippen molar-refractivity contribution in [1.82, 2.24) is 5.32 Å². The van der Waals surface area contributed by atoms with Gasteiger partial charge in [-0.15, -0.1) is 0 Å². The van der Waals surface area contributed by atoms with Gasteiger partial charge in [-0.3, -0.25) is 0 Å². The van der Waals surface area contributed by atoms with Gasteiger partial charge in [0, 0.05) is 12.5 Å². The van der Waals surface area contributed by atoms with Crippen LogP contribution >= 0.6 is 0 Å². The Morgan fingerprint density at radius 1 is 1.36 bits per heavy atom. The van der Waals surface area contributed by atoms with E-state index in [1.807, 2.05) is 0 Å². The van der Waals surface area contributed by atoms with Crippen LogP contribution in [0.1, 0.15) is 32.1 Å². The molecule has 0 radical (unpaired) electrons. The molecule has 0 heterocycles. The van der Waals surface area contributed by atoms with E-state index in [0.29, 0.717) is 18.9 Å². The van der Waals surface area contributed by atoms with Crippen LogP contribution in [0.2, 0.25) is 0 Å². The number of alkyl halides is 2. The van der Waals surface area contributed by atoms with E-state index < -0.39 is 12.0 Å². The van der Waals surface area contributed by atoms with Gasteiger partial charge in [-0.1, -0.05) is 0 Å². The summed E-state index contributed by atoms with van der Waals surface area (Å²) in [6.07, 6.45) is 3.06. The van der Waals surface area contributed by atoms with Crippen LogP contribution in [-0.2, 0) is 0 Å². The topological polar surface area (TPSA) is 50.4 Å². The Balaban J connectivity index is 1.93. The molecule has 0 spiro atoms. The van der Waals surface area contributed by atoms with Gasteiger partial charge in [0.2, 0.25) is 0 Å². The molecule has 3 N–H and O–H groups in total. The maximum absolute atomic E-state index is 13.1. The van der Waals surface area contributed by atoms with Crippen LogP contribution in [0.5, 0.6) is 0 Å². The fourth-order valence-corrected chi connectivity index (χ4v) is 1.71. The Morgan fingerprint density at radius 2 is 2.07 bits per heavy atom. The summed E-state index contributed by atoms with van der Waals surface area (Å²) in [7, 11) is 0. The maximum atomic E-state index is 13.1. The zero-order valence-electron chi connectivity index (χ0n) is 7.97. The minimum absolute atomic E-state index is 0.0577. The van der Waals surface area contributed by atoms with E-state index in [1.165, 1.54) is 0 Å². The first-order chi connectivity index (χ1) is 6.58. The minimum atomic E-state index is -2.66. The Kier molecular flexibility index (Phi) is 2.33. The SMILES string of the molecule is NC(=NC1CCCC1(F)F)NC1CC1. The highest BCUT2D eigenvalue weighted by Gasteiger charge is 2.44. The van der Waals surface area contributed by atoms with E-state index in [0.717, 1.165) is 12.8 Å². The van der Waals surface area contributed by atoms with Gasteiger partial charge in [0.25, 0.3) is 5.92 Å². The molecule has 0 aliphatic heterocycles. The first-order valence-electron chi connectivity index (χ1n) is 5.05. The quantitative estimate of drug-likeness (QED) is 0.524. The zero-order valence-corrected chi connectivity index (χ0v) is 7.97. The van der Waals surface area contributed by atoms with Crippen molar-refractivity contribution in [1.29, 1.82) is 0 Å². The number of rotatable bonds is 2. The number of hydrogen-bond acceptors (Lipinski definition) is 1. The van der Waals surface area contributed by atoms with E-state index >= 15 is 0 Å². The zero-order chi connectivity index (χ0) is 10.2. The van der Waals surface area contributed by atoms with Crippen LogP contribution in [0.4, 0.5) is 8.78 Å². The highest BCUT2D eigenvalue weighted by Crippen LogP contribution is 2.37. The molecule has 0 bridgehead atoms. The monoisotopic (exact) mass is 203 g/mol. The van der Waals surface area contributed by atoms with E-state index in [4.69, 9.17) is 5.73 Å². The number of hydrogen-bond donors (Lipinski definition) is 2. The minimum Gasteiger partial charge on any atom is -0.370 e. The van der Waals surface area contributed by atoms with Crippen molar-refractivity contribution in [2.75, 3.05) is 0 Å². The van der Waals surface area contributed by atoms with Gasteiger partial charge in [-0.2, -0.15) is 0 Å². The third-order valence-electron chi connectivity index (χ3n) is 2.70. The number of guanidine groups is 1. The summed E-state index contributed by atoms with van der Waals surface area (Å²) in [6, 6.07) is -0.539. The van der Waals surface area contributed by atoms with Crippen molar-refractivity contribution in [2.45, 2.75) is 50.1 Å². The molecule has 2 aliphatic carbocycles. The lowest BCUT2D eigenvalue weighted by atomic mass is 10.2. The van der Waals surface area contributed by atoms with Crippen molar-refractivity contribution in [3.63, 3.8) is 0 Å². The number of nitrogens with two attached hydrogens (primary N) is 1. The summed E-state index contributed by atoms with van der Waals surface area (Å²) in [5, 5.41) is 2.91. The average molecular weight is 203 g/mol. The lowest BCUT2D eigenvalue weighted by Crippen LogP contribution is -2.37. The lowest BCUT2D eigenvalue weighted by Gasteiger charge is -2.15. The second-order valence-electron chi connectivity index (χ2n) is 4.10. The predicted octanol–water partition coefficient (Wildman–Crippen LogP) is 1.24. The van der Waals surface area contributed by atoms with Crippen molar-refractivity contribution < 1.29 is 8.78 Å². The molecule has 14 heavy (non-hydrogen) atoms. The molecule has 2 rings (SSSR count). The van der Waals surface area contributed by atoms with Gasteiger partial charge in [0.1, 0.15) is 6.04 Å². The molecule has 0 aromatic rings. The molecule has 5 heteroatoms. The molecule has 2 fully saturated rings. The molecule has 2 saturated carbocycles. The molecule has 1 atom stereocenters. The Morgan fingerprint density at radius 3 is 2.57 bits per heavy atom. The van der Waals surface area contributed by atoms with Crippen molar-refractivity contribution in [3.05, 3.63) is 0 Å². The lowest BCUT2D eigenvalue weighted by molar-refractivity contribution is -0.00581. The Bertz CT molecular complexity index is 248. The number of nitrogens with one attached hydrogen (secondary N) is 1. The van der Waals surface area contributed by atoms with Crippen LogP contribution in [0.15, 0.2) is 4.99 Å². The average Bonchev–Trinajstić information content (AvgIpc) is 2.80. The summed E-state index contributed by atoms with van der Waals surface area (Å²) in [6.45, 7) is 0. The predicted molar refractivity (Wildman–Crippen MR) is 50.4 cm³/mol. The molecule has 0 saturated heterocycles. The van der Waals surface area contributed by atoms with Gasteiger partial charge in [-0.25, -0.2) is 13.8 Å². The second-order valence-corrected chi connectivity index (χ2v) is 4.10.